The summed E-state index contributed by atoms with van der Waals surface area (Å²) in [5.74, 6) is -0.0724. The van der Waals surface area contributed by atoms with E-state index in [0.29, 0.717) is 32.1 Å². The van der Waals surface area contributed by atoms with Crippen LogP contribution in [-0.2, 0) is 9.59 Å². The monoisotopic (exact) mass is 309 g/mol. The maximum Gasteiger partial charge on any atom is 0.312 e. The summed E-state index contributed by atoms with van der Waals surface area (Å²) in [5, 5.41) is 0. The number of nitrogens with zero attached hydrogens (tertiary/aromatic N) is 2. The summed E-state index contributed by atoms with van der Waals surface area (Å²) in [4.78, 5) is 28.3. The molecule has 2 N–H and O–H groups in total. The number of piperidine rings is 1. The van der Waals surface area contributed by atoms with Gasteiger partial charge in [0.25, 0.3) is 0 Å². The Labute approximate surface area is 134 Å². The van der Waals surface area contributed by atoms with Crippen LogP contribution in [0.4, 0.5) is 0 Å². The topological polar surface area (TPSA) is 66.6 Å². The number of amides is 2. The molecule has 0 bridgehead atoms. The van der Waals surface area contributed by atoms with E-state index >= 15 is 0 Å². The number of nitrogens with two attached hydrogens (primary N) is 1. The van der Waals surface area contributed by atoms with Crippen LogP contribution < -0.4 is 5.73 Å². The van der Waals surface area contributed by atoms with Crippen LogP contribution in [0, 0.1) is 11.3 Å². The molecular weight excluding hydrogens is 278 g/mol. The summed E-state index contributed by atoms with van der Waals surface area (Å²) in [5.41, 5.74) is 6.18. The lowest BCUT2D eigenvalue weighted by Crippen LogP contribution is -2.51. The highest BCUT2D eigenvalue weighted by atomic mass is 16.2. The molecule has 2 amide bonds. The third kappa shape index (κ3) is 4.22. The van der Waals surface area contributed by atoms with Crippen molar-refractivity contribution < 1.29 is 9.59 Å². The molecule has 22 heavy (non-hydrogen) atoms. The molecule has 2 rings (SSSR count). The van der Waals surface area contributed by atoms with Crippen molar-refractivity contribution in [2.45, 2.75) is 58.9 Å². The van der Waals surface area contributed by atoms with Gasteiger partial charge < -0.3 is 15.5 Å². The van der Waals surface area contributed by atoms with E-state index in [9.17, 15) is 9.59 Å². The molecule has 2 fully saturated rings. The van der Waals surface area contributed by atoms with Gasteiger partial charge in [-0.15, -0.1) is 0 Å². The second-order valence-electron chi connectivity index (χ2n) is 7.94. The van der Waals surface area contributed by atoms with Crippen LogP contribution in [0.5, 0.6) is 0 Å². The normalized spacial score (nSPS) is 27.5. The first-order valence-corrected chi connectivity index (χ1v) is 8.63. The molecule has 0 aliphatic carbocycles. The number of hydrogen-bond acceptors (Lipinski definition) is 3. The SMILES string of the molecule is CC(C)(C)C1CCCN(C(=O)C(=O)N2CCC[C@H](N)C2)CC1. The Balaban J connectivity index is 1.93. The highest BCUT2D eigenvalue weighted by molar-refractivity contribution is 6.34. The largest absolute Gasteiger partial charge is 0.334 e. The zero-order valence-electron chi connectivity index (χ0n) is 14.3. The number of carbonyl (C=O) groups excluding carboxylic acids is 2. The zero-order chi connectivity index (χ0) is 16.3. The summed E-state index contributed by atoms with van der Waals surface area (Å²) in [6.45, 7) is 9.36. The Hall–Kier alpha value is -1.10. The summed E-state index contributed by atoms with van der Waals surface area (Å²) < 4.78 is 0. The average molecular weight is 309 g/mol. The lowest BCUT2D eigenvalue weighted by molar-refractivity contribution is -0.152. The Bertz CT molecular complexity index is 417. The molecule has 2 heterocycles. The second kappa shape index (κ2) is 6.99. The van der Waals surface area contributed by atoms with E-state index in [1.807, 2.05) is 0 Å². The van der Waals surface area contributed by atoms with Gasteiger partial charge in [-0.05, 0) is 43.4 Å². The van der Waals surface area contributed by atoms with Gasteiger partial charge in [-0.1, -0.05) is 20.8 Å². The Morgan fingerprint density at radius 2 is 1.50 bits per heavy atom. The van der Waals surface area contributed by atoms with Gasteiger partial charge in [-0.25, -0.2) is 0 Å². The number of likely N-dealkylation sites (tertiary alicyclic amines) is 2. The van der Waals surface area contributed by atoms with Gasteiger partial charge in [0.2, 0.25) is 0 Å². The van der Waals surface area contributed by atoms with Crippen molar-refractivity contribution in [1.29, 1.82) is 0 Å². The van der Waals surface area contributed by atoms with E-state index in [4.69, 9.17) is 5.73 Å². The van der Waals surface area contributed by atoms with Crippen LogP contribution in [0.25, 0.3) is 0 Å². The van der Waals surface area contributed by atoms with E-state index in [1.165, 1.54) is 0 Å². The first-order chi connectivity index (χ1) is 10.3. The van der Waals surface area contributed by atoms with Crippen molar-refractivity contribution in [3.8, 4) is 0 Å². The van der Waals surface area contributed by atoms with Crippen molar-refractivity contribution in [2.75, 3.05) is 26.2 Å². The van der Waals surface area contributed by atoms with Crippen molar-refractivity contribution in [1.82, 2.24) is 9.80 Å². The molecule has 0 radical (unpaired) electrons. The highest BCUT2D eigenvalue weighted by Crippen LogP contribution is 2.34. The Morgan fingerprint density at radius 1 is 0.909 bits per heavy atom. The molecule has 126 valence electrons. The summed E-state index contributed by atoms with van der Waals surface area (Å²) >= 11 is 0. The maximum atomic E-state index is 12.5. The first kappa shape index (κ1) is 17.3. The molecule has 2 aliphatic rings. The van der Waals surface area contributed by atoms with E-state index in [1.54, 1.807) is 9.80 Å². The van der Waals surface area contributed by atoms with Gasteiger partial charge in [-0.3, -0.25) is 9.59 Å². The molecule has 5 heteroatoms. The van der Waals surface area contributed by atoms with Crippen LogP contribution in [0.15, 0.2) is 0 Å². The van der Waals surface area contributed by atoms with Crippen molar-refractivity contribution in [2.24, 2.45) is 17.1 Å². The fraction of sp³-hybridized carbons (Fsp3) is 0.882. The molecule has 2 saturated heterocycles. The summed E-state index contributed by atoms with van der Waals surface area (Å²) in [6.07, 6.45) is 4.94. The van der Waals surface area contributed by atoms with Crippen molar-refractivity contribution in [3.63, 3.8) is 0 Å². The quantitative estimate of drug-likeness (QED) is 0.691. The van der Waals surface area contributed by atoms with Gasteiger partial charge in [0.1, 0.15) is 0 Å². The predicted molar refractivity (Wildman–Crippen MR) is 87.2 cm³/mol. The third-order valence-corrected chi connectivity index (χ3v) is 5.17. The Morgan fingerprint density at radius 3 is 2.14 bits per heavy atom. The van der Waals surface area contributed by atoms with E-state index in [-0.39, 0.29) is 23.3 Å². The fourth-order valence-corrected chi connectivity index (χ4v) is 3.63. The molecule has 0 aromatic heterocycles. The fourth-order valence-electron chi connectivity index (χ4n) is 3.63. The highest BCUT2D eigenvalue weighted by Gasteiger charge is 2.33. The smallest absolute Gasteiger partial charge is 0.312 e. The van der Waals surface area contributed by atoms with Crippen LogP contribution in [0.3, 0.4) is 0 Å². The predicted octanol–water partition coefficient (Wildman–Crippen LogP) is 1.61. The van der Waals surface area contributed by atoms with E-state index < -0.39 is 0 Å². The van der Waals surface area contributed by atoms with Gasteiger partial charge in [-0.2, -0.15) is 0 Å². The molecule has 5 nitrogen and oxygen atoms in total. The summed E-state index contributed by atoms with van der Waals surface area (Å²) in [7, 11) is 0. The van der Waals surface area contributed by atoms with Gasteiger partial charge in [0.15, 0.2) is 0 Å². The first-order valence-electron chi connectivity index (χ1n) is 8.63. The standard InChI is InChI=1S/C17H31N3O2/c1-17(2,3)13-6-4-9-19(11-8-13)15(21)16(22)20-10-5-7-14(18)12-20/h13-14H,4-12,18H2,1-3H3/t13?,14-/m0/s1. The maximum absolute atomic E-state index is 12.5. The minimum Gasteiger partial charge on any atom is -0.334 e. The van der Waals surface area contributed by atoms with Crippen LogP contribution in [0.1, 0.15) is 52.9 Å². The lowest BCUT2D eigenvalue weighted by Gasteiger charge is -2.32. The second-order valence-corrected chi connectivity index (χ2v) is 7.94. The van der Waals surface area contributed by atoms with E-state index in [2.05, 4.69) is 20.8 Å². The zero-order valence-corrected chi connectivity index (χ0v) is 14.3. The average Bonchev–Trinajstić information content (AvgIpc) is 2.71. The number of rotatable bonds is 0. The van der Waals surface area contributed by atoms with Gasteiger partial charge in [0.05, 0.1) is 0 Å². The van der Waals surface area contributed by atoms with Gasteiger partial charge >= 0.3 is 11.8 Å². The molecule has 0 saturated carbocycles. The van der Waals surface area contributed by atoms with Gasteiger partial charge in [0, 0.05) is 32.2 Å². The molecule has 2 aliphatic heterocycles. The minimum atomic E-state index is -0.357. The summed E-state index contributed by atoms with van der Waals surface area (Å²) in [6, 6.07) is 0.0138. The minimum absolute atomic E-state index is 0.0138. The van der Waals surface area contributed by atoms with Crippen LogP contribution in [0.2, 0.25) is 0 Å². The molecular formula is C17H31N3O2. The molecule has 1 unspecified atom stereocenters. The van der Waals surface area contributed by atoms with Crippen molar-refractivity contribution in [3.05, 3.63) is 0 Å². The molecule has 0 spiro atoms. The molecule has 0 aromatic rings. The van der Waals surface area contributed by atoms with Crippen LogP contribution in [-0.4, -0.2) is 53.8 Å². The number of carbonyl (C=O) groups is 2. The molecule has 2 atom stereocenters. The number of hydrogen-bond donors (Lipinski definition) is 1. The lowest BCUT2D eigenvalue weighted by atomic mass is 9.77. The Kier molecular flexibility index (Phi) is 5.48. The third-order valence-electron chi connectivity index (χ3n) is 5.17. The van der Waals surface area contributed by atoms with E-state index in [0.717, 1.165) is 32.1 Å². The molecule has 0 aromatic carbocycles. The van der Waals surface area contributed by atoms with Crippen molar-refractivity contribution >= 4 is 11.8 Å². The van der Waals surface area contributed by atoms with Crippen LogP contribution >= 0.6 is 0 Å².